The first-order valence-electron chi connectivity index (χ1n) is 10.0. The second-order valence-corrected chi connectivity index (χ2v) is 7.63. The Labute approximate surface area is 173 Å². The molecule has 1 fully saturated rings. The van der Waals surface area contributed by atoms with E-state index in [1.807, 2.05) is 36.4 Å². The number of carbonyl (C=O) groups is 2. The molecule has 1 amide bonds. The van der Waals surface area contributed by atoms with Crippen LogP contribution < -0.4 is 4.74 Å². The quantitative estimate of drug-likeness (QED) is 0.622. The predicted molar refractivity (Wildman–Crippen MR) is 110 cm³/mol. The summed E-state index contributed by atoms with van der Waals surface area (Å²) >= 11 is 0. The molecule has 3 heterocycles. The fourth-order valence-electron chi connectivity index (χ4n) is 4.04. The Kier molecular flexibility index (Phi) is 5.92. The fraction of sp³-hybridized carbons (Fsp3) is 0.364. The van der Waals surface area contributed by atoms with E-state index in [1.165, 1.54) is 0 Å². The lowest BCUT2D eigenvalue weighted by molar-refractivity contribution is -0.140. The minimum atomic E-state index is -0.814. The number of H-pyrrole nitrogens is 1. The van der Waals surface area contributed by atoms with Crippen molar-refractivity contribution in [2.24, 2.45) is 11.8 Å². The first-order valence-corrected chi connectivity index (χ1v) is 10.0. The highest BCUT2D eigenvalue weighted by Gasteiger charge is 2.33. The number of amides is 1. The van der Waals surface area contributed by atoms with E-state index in [1.54, 1.807) is 17.3 Å². The van der Waals surface area contributed by atoms with Gasteiger partial charge in [0.25, 0.3) is 5.91 Å². The number of rotatable bonds is 7. The van der Waals surface area contributed by atoms with Crippen molar-refractivity contribution in [1.29, 1.82) is 0 Å². The number of imidazole rings is 1. The predicted octanol–water partition coefficient (Wildman–Crippen LogP) is 2.52. The number of aromatic amines is 1. The molecule has 0 spiro atoms. The lowest BCUT2D eigenvalue weighted by Gasteiger charge is -2.38. The lowest BCUT2D eigenvalue weighted by Crippen LogP contribution is -2.46. The van der Waals surface area contributed by atoms with Crippen LogP contribution in [0.5, 0.6) is 5.75 Å². The number of pyridine rings is 1. The molecule has 0 radical (unpaired) electrons. The van der Waals surface area contributed by atoms with Crippen LogP contribution in [-0.4, -0.2) is 56.5 Å². The van der Waals surface area contributed by atoms with Crippen LogP contribution in [0, 0.1) is 11.8 Å². The van der Waals surface area contributed by atoms with Crippen molar-refractivity contribution >= 4 is 22.9 Å². The van der Waals surface area contributed by atoms with Crippen molar-refractivity contribution in [2.45, 2.75) is 19.3 Å². The third-order valence-electron chi connectivity index (χ3n) is 5.57. The van der Waals surface area contributed by atoms with Crippen molar-refractivity contribution in [2.75, 3.05) is 19.7 Å². The van der Waals surface area contributed by atoms with Gasteiger partial charge in [0.1, 0.15) is 11.6 Å². The van der Waals surface area contributed by atoms with E-state index in [0.29, 0.717) is 31.7 Å². The van der Waals surface area contributed by atoms with Gasteiger partial charge in [0, 0.05) is 32.1 Å². The summed E-state index contributed by atoms with van der Waals surface area (Å²) in [6, 6.07) is 11.1. The number of benzene rings is 1. The van der Waals surface area contributed by atoms with Crippen molar-refractivity contribution < 1.29 is 19.4 Å². The molecule has 2 N–H and O–H groups in total. The van der Waals surface area contributed by atoms with Gasteiger partial charge in [-0.2, -0.15) is 0 Å². The van der Waals surface area contributed by atoms with Crippen LogP contribution in [0.15, 0.2) is 48.8 Å². The molecule has 2 atom stereocenters. The van der Waals surface area contributed by atoms with Gasteiger partial charge in [-0.3, -0.25) is 14.6 Å². The minimum absolute atomic E-state index is 0.00375. The van der Waals surface area contributed by atoms with E-state index in [4.69, 9.17) is 4.74 Å². The summed E-state index contributed by atoms with van der Waals surface area (Å²) in [5.74, 6) is 0.529. The van der Waals surface area contributed by atoms with E-state index in [2.05, 4.69) is 15.0 Å². The molecule has 156 valence electrons. The second-order valence-electron chi connectivity index (χ2n) is 7.63. The average molecular weight is 408 g/mol. The summed E-state index contributed by atoms with van der Waals surface area (Å²) in [7, 11) is 0. The van der Waals surface area contributed by atoms with Gasteiger partial charge in [-0.1, -0.05) is 18.2 Å². The molecule has 1 aromatic carbocycles. The van der Waals surface area contributed by atoms with Crippen LogP contribution >= 0.6 is 0 Å². The maximum Gasteiger partial charge on any atom is 0.303 e. The monoisotopic (exact) mass is 408 g/mol. The topological polar surface area (TPSA) is 108 Å². The third kappa shape index (κ3) is 4.76. The molecule has 4 rings (SSSR count). The Morgan fingerprint density at radius 1 is 1.20 bits per heavy atom. The molecule has 2 unspecified atom stereocenters. The zero-order valence-electron chi connectivity index (χ0n) is 16.5. The number of nitrogens with one attached hydrogen (secondary N) is 1. The number of hydrogen-bond donors (Lipinski definition) is 2. The number of carbonyl (C=O) groups excluding carboxylic acids is 1. The smallest absolute Gasteiger partial charge is 0.303 e. The number of para-hydroxylation sites is 1. The number of piperidine rings is 1. The number of carboxylic acids is 1. The summed E-state index contributed by atoms with van der Waals surface area (Å²) in [6.07, 6.45) is 4.73. The van der Waals surface area contributed by atoms with Gasteiger partial charge in [0.15, 0.2) is 6.61 Å². The number of fused-ring (bicyclic) bond motifs is 1. The van der Waals surface area contributed by atoms with Crippen LogP contribution in [-0.2, 0) is 16.0 Å². The van der Waals surface area contributed by atoms with Crippen LogP contribution in [0.4, 0.5) is 0 Å². The highest BCUT2D eigenvalue weighted by atomic mass is 16.5. The number of likely N-dealkylation sites (tertiary alicyclic amines) is 1. The molecule has 1 aliphatic rings. The zero-order chi connectivity index (χ0) is 20.9. The Morgan fingerprint density at radius 2 is 2.03 bits per heavy atom. The van der Waals surface area contributed by atoms with Crippen molar-refractivity contribution in [3.05, 3.63) is 54.6 Å². The molecule has 8 nitrogen and oxygen atoms in total. The highest BCUT2D eigenvalue weighted by Crippen LogP contribution is 2.29. The lowest BCUT2D eigenvalue weighted by atomic mass is 9.81. The van der Waals surface area contributed by atoms with Gasteiger partial charge in [0.05, 0.1) is 17.2 Å². The van der Waals surface area contributed by atoms with E-state index in [-0.39, 0.29) is 30.8 Å². The summed E-state index contributed by atoms with van der Waals surface area (Å²) in [4.78, 5) is 37.8. The first-order chi connectivity index (χ1) is 14.6. The standard InChI is InChI=1S/C22H24N4O4/c27-21(14-30-17-4-2-1-3-5-17)26-9-7-15(11-22(28)29)16(13-26)10-20-24-18-6-8-23-12-19(18)25-20/h1-6,8,12,15-16H,7,9-11,13-14H2,(H,24,25)(H,28,29). The van der Waals surface area contributed by atoms with Crippen molar-refractivity contribution in [3.8, 4) is 5.75 Å². The van der Waals surface area contributed by atoms with E-state index in [9.17, 15) is 14.7 Å². The highest BCUT2D eigenvalue weighted by molar-refractivity contribution is 5.78. The molecule has 8 heteroatoms. The van der Waals surface area contributed by atoms with Gasteiger partial charge in [-0.05, 0) is 36.5 Å². The van der Waals surface area contributed by atoms with Crippen molar-refractivity contribution in [3.63, 3.8) is 0 Å². The number of aromatic nitrogens is 3. The van der Waals surface area contributed by atoms with Crippen LogP contribution in [0.1, 0.15) is 18.7 Å². The van der Waals surface area contributed by atoms with Gasteiger partial charge in [-0.15, -0.1) is 0 Å². The minimum Gasteiger partial charge on any atom is -0.484 e. The summed E-state index contributed by atoms with van der Waals surface area (Å²) in [5, 5.41) is 9.32. The molecular weight excluding hydrogens is 384 g/mol. The second kappa shape index (κ2) is 8.94. The van der Waals surface area contributed by atoms with Gasteiger partial charge >= 0.3 is 5.97 Å². The molecule has 0 saturated carbocycles. The zero-order valence-corrected chi connectivity index (χ0v) is 16.5. The van der Waals surface area contributed by atoms with Crippen molar-refractivity contribution in [1.82, 2.24) is 19.9 Å². The summed E-state index contributed by atoms with van der Waals surface area (Å²) in [6.45, 7) is 0.996. The number of ether oxygens (including phenoxy) is 1. The third-order valence-corrected chi connectivity index (χ3v) is 5.57. The van der Waals surface area contributed by atoms with Gasteiger partial charge in [-0.25, -0.2) is 4.98 Å². The maximum atomic E-state index is 12.7. The number of hydrogen-bond acceptors (Lipinski definition) is 5. The fourth-order valence-corrected chi connectivity index (χ4v) is 4.04. The Hall–Kier alpha value is -3.42. The number of aliphatic carboxylic acids is 1. The molecule has 1 aliphatic heterocycles. The van der Waals surface area contributed by atoms with Gasteiger partial charge in [0.2, 0.25) is 0 Å². The van der Waals surface area contributed by atoms with Crippen LogP contribution in [0.3, 0.4) is 0 Å². The maximum absolute atomic E-state index is 12.7. The average Bonchev–Trinajstić information content (AvgIpc) is 3.16. The molecule has 0 aliphatic carbocycles. The van der Waals surface area contributed by atoms with E-state index < -0.39 is 5.97 Å². The molecule has 2 aromatic heterocycles. The number of nitrogens with zero attached hydrogens (tertiary/aromatic N) is 3. The Morgan fingerprint density at radius 3 is 2.80 bits per heavy atom. The molecule has 1 saturated heterocycles. The normalized spacial score (nSPS) is 19.0. The summed E-state index contributed by atoms with van der Waals surface area (Å²) < 4.78 is 5.60. The SMILES string of the molecule is O=C(O)CC1CCN(C(=O)COc2ccccc2)CC1Cc1nc2ccncc2[nH]1. The van der Waals surface area contributed by atoms with Gasteiger partial charge < -0.3 is 19.7 Å². The molecule has 3 aromatic rings. The largest absolute Gasteiger partial charge is 0.484 e. The Bertz CT molecular complexity index is 987. The molecule has 0 bridgehead atoms. The first kappa shape index (κ1) is 19.9. The van der Waals surface area contributed by atoms with E-state index >= 15 is 0 Å². The summed E-state index contributed by atoms with van der Waals surface area (Å²) in [5.41, 5.74) is 1.68. The molecule has 30 heavy (non-hydrogen) atoms. The van der Waals surface area contributed by atoms with Crippen LogP contribution in [0.2, 0.25) is 0 Å². The molecular formula is C22H24N4O4. The van der Waals surface area contributed by atoms with Crippen LogP contribution in [0.25, 0.3) is 11.0 Å². The Balaban J connectivity index is 1.43. The number of carboxylic acid groups (broad SMARTS) is 1. The van der Waals surface area contributed by atoms with E-state index in [0.717, 1.165) is 16.9 Å².